The van der Waals surface area contributed by atoms with E-state index < -0.39 is 11.6 Å². The van der Waals surface area contributed by atoms with Crippen molar-refractivity contribution < 1.29 is 19.4 Å². The van der Waals surface area contributed by atoms with Crippen LogP contribution in [0.15, 0.2) is 60.7 Å². The number of fused-ring (bicyclic) bond motifs is 1. The van der Waals surface area contributed by atoms with Crippen molar-refractivity contribution in [2.24, 2.45) is 0 Å². The Balaban J connectivity index is 1.54. The summed E-state index contributed by atoms with van der Waals surface area (Å²) >= 11 is 1.67. The summed E-state index contributed by atoms with van der Waals surface area (Å²) in [5.74, 6) is -0.290. The van der Waals surface area contributed by atoms with E-state index in [0.717, 1.165) is 26.7 Å². The number of hydrogen-bond donors (Lipinski definition) is 1. The number of Topliss-reactive ketones (excluding diaryl/α,β-unsaturated/α-hetero) is 1. The predicted molar refractivity (Wildman–Crippen MR) is 145 cm³/mol. The zero-order chi connectivity index (χ0) is 26.0. The van der Waals surface area contributed by atoms with Crippen LogP contribution >= 0.6 is 11.3 Å². The van der Waals surface area contributed by atoms with Crippen molar-refractivity contribution in [1.29, 1.82) is 0 Å². The van der Waals surface area contributed by atoms with Gasteiger partial charge in [0.05, 0.1) is 5.69 Å². The van der Waals surface area contributed by atoms with E-state index in [1.165, 1.54) is 24.6 Å². The van der Waals surface area contributed by atoms with Crippen LogP contribution in [0.1, 0.15) is 66.5 Å². The number of rotatable bonds is 9. The number of carbonyl (C=O) groups excluding carboxylic acids is 1. The van der Waals surface area contributed by atoms with E-state index >= 15 is 0 Å². The second-order valence-electron chi connectivity index (χ2n) is 9.83. The number of carboxylic acid groups (broad SMARTS) is 1. The van der Waals surface area contributed by atoms with Gasteiger partial charge < -0.3 is 9.84 Å². The fraction of sp³-hybridized carbons (Fsp3) is 0.300. The number of carbonyl (C=O) groups is 2. The summed E-state index contributed by atoms with van der Waals surface area (Å²) in [6.07, 6.45) is 0.995. The molecule has 0 bridgehead atoms. The van der Waals surface area contributed by atoms with E-state index in [1.54, 1.807) is 29.5 Å². The number of hydrogen-bond acceptors (Lipinski definition) is 5. The molecule has 3 aromatic carbocycles. The Bertz CT molecular complexity index is 1430. The molecule has 4 aromatic rings. The first-order valence-electron chi connectivity index (χ1n) is 12.1. The normalized spacial score (nSPS) is 11.7. The summed E-state index contributed by atoms with van der Waals surface area (Å²) in [7, 11) is 0. The van der Waals surface area contributed by atoms with Gasteiger partial charge in [0.2, 0.25) is 0 Å². The van der Waals surface area contributed by atoms with Crippen molar-refractivity contribution in [3.05, 3.63) is 82.4 Å². The molecule has 5 nitrogen and oxygen atoms in total. The van der Waals surface area contributed by atoms with Crippen LogP contribution in [0.25, 0.3) is 21.3 Å². The molecule has 0 saturated heterocycles. The van der Waals surface area contributed by atoms with Crippen LogP contribution in [-0.4, -0.2) is 27.4 Å². The molecule has 0 atom stereocenters. The van der Waals surface area contributed by atoms with Gasteiger partial charge in [-0.2, -0.15) is 0 Å². The summed E-state index contributed by atoms with van der Waals surface area (Å²) < 4.78 is 5.66. The lowest BCUT2D eigenvalue weighted by molar-refractivity contribution is -0.152. The van der Waals surface area contributed by atoms with Gasteiger partial charge in [0.25, 0.3) is 0 Å². The summed E-state index contributed by atoms with van der Waals surface area (Å²) in [6, 6.07) is 19.7. The number of ketones is 1. The maximum Gasteiger partial charge on any atom is 0.347 e. The van der Waals surface area contributed by atoms with E-state index in [4.69, 9.17) is 9.72 Å². The van der Waals surface area contributed by atoms with Crippen LogP contribution in [0.5, 0.6) is 5.75 Å². The van der Waals surface area contributed by atoms with Gasteiger partial charge in [-0.1, -0.05) is 56.3 Å². The molecule has 0 aliphatic rings. The number of carboxylic acids is 1. The van der Waals surface area contributed by atoms with E-state index in [9.17, 15) is 14.7 Å². The molecule has 0 radical (unpaired) electrons. The number of aromatic nitrogens is 1. The first-order chi connectivity index (χ1) is 17.1. The molecule has 6 heteroatoms. The Morgan fingerprint density at radius 3 is 2.47 bits per heavy atom. The van der Waals surface area contributed by atoms with Crippen molar-refractivity contribution in [2.75, 3.05) is 0 Å². The van der Waals surface area contributed by atoms with Crippen molar-refractivity contribution in [3.8, 4) is 16.3 Å². The quantitative estimate of drug-likeness (QED) is 0.241. The van der Waals surface area contributed by atoms with Gasteiger partial charge in [-0.3, -0.25) is 4.79 Å². The molecule has 0 fully saturated rings. The summed E-state index contributed by atoms with van der Waals surface area (Å²) in [4.78, 5) is 30.6. The molecule has 0 aliphatic carbocycles. The Hall–Kier alpha value is -3.51. The van der Waals surface area contributed by atoms with Gasteiger partial charge in [0.15, 0.2) is 11.4 Å². The number of nitrogens with zero attached hydrogens (tertiary/aromatic N) is 1. The highest BCUT2D eigenvalue weighted by Crippen LogP contribution is 2.36. The zero-order valence-electron chi connectivity index (χ0n) is 21.3. The van der Waals surface area contributed by atoms with E-state index in [0.29, 0.717) is 24.2 Å². The van der Waals surface area contributed by atoms with Crippen molar-refractivity contribution >= 4 is 33.9 Å². The van der Waals surface area contributed by atoms with Crippen LogP contribution in [0, 0.1) is 6.92 Å². The molecule has 1 heterocycles. The average molecular weight is 502 g/mol. The van der Waals surface area contributed by atoms with Gasteiger partial charge in [-0.05, 0) is 67.6 Å². The molecular formula is C30H31NO4S. The zero-order valence-corrected chi connectivity index (χ0v) is 22.1. The van der Waals surface area contributed by atoms with Crippen molar-refractivity contribution in [1.82, 2.24) is 4.98 Å². The third-order valence-corrected chi connectivity index (χ3v) is 7.41. The molecule has 0 unspecified atom stereocenters. The SMILES string of the molecule is Cc1cc(C(=O)CCc2sc(-c3cccc4ccccc34)nc2C(C)C)ccc1OC(C)(C)C(=O)O. The maximum absolute atomic E-state index is 13.1. The van der Waals surface area contributed by atoms with E-state index in [1.807, 2.05) is 19.1 Å². The fourth-order valence-corrected chi connectivity index (χ4v) is 5.40. The monoisotopic (exact) mass is 501 g/mol. The Kier molecular flexibility index (Phi) is 7.27. The highest BCUT2D eigenvalue weighted by Gasteiger charge is 2.30. The second-order valence-corrected chi connectivity index (χ2v) is 10.9. The molecule has 0 amide bonds. The van der Waals surface area contributed by atoms with Crippen molar-refractivity contribution in [2.45, 2.75) is 59.0 Å². The van der Waals surface area contributed by atoms with Crippen LogP contribution in [0.2, 0.25) is 0 Å². The Morgan fingerprint density at radius 1 is 1.06 bits per heavy atom. The lowest BCUT2D eigenvalue weighted by atomic mass is 10.0. The highest BCUT2D eigenvalue weighted by molar-refractivity contribution is 7.15. The smallest absolute Gasteiger partial charge is 0.347 e. The molecule has 4 rings (SSSR count). The van der Waals surface area contributed by atoms with Gasteiger partial charge in [0, 0.05) is 22.4 Å². The lowest BCUT2D eigenvalue weighted by Crippen LogP contribution is -2.38. The molecule has 36 heavy (non-hydrogen) atoms. The minimum Gasteiger partial charge on any atom is -0.478 e. The van der Waals surface area contributed by atoms with E-state index in [-0.39, 0.29) is 11.7 Å². The number of benzene rings is 3. The standard InChI is InChI=1S/C30H31NO4S/c1-18(2)27-26(36-28(31-27)23-12-8-10-20-9-6-7-11-22(20)23)16-14-24(32)21-13-15-25(19(3)17-21)35-30(4,5)29(33)34/h6-13,15,17-18H,14,16H2,1-5H3,(H,33,34). The minimum atomic E-state index is -1.35. The Morgan fingerprint density at radius 2 is 1.78 bits per heavy atom. The van der Waals surface area contributed by atoms with E-state index in [2.05, 4.69) is 44.2 Å². The fourth-order valence-electron chi connectivity index (χ4n) is 4.15. The molecule has 0 aliphatic heterocycles. The topological polar surface area (TPSA) is 76.5 Å². The third-order valence-electron chi connectivity index (χ3n) is 6.25. The molecule has 0 saturated carbocycles. The van der Waals surface area contributed by atoms with Crippen molar-refractivity contribution in [3.63, 3.8) is 0 Å². The van der Waals surface area contributed by atoms with Gasteiger partial charge in [-0.15, -0.1) is 11.3 Å². The number of aryl methyl sites for hydroxylation is 2. The maximum atomic E-state index is 13.1. The minimum absolute atomic E-state index is 0.0389. The van der Waals surface area contributed by atoms with Gasteiger partial charge in [-0.25, -0.2) is 9.78 Å². The van der Waals surface area contributed by atoms with Crippen LogP contribution in [0.4, 0.5) is 0 Å². The molecule has 0 spiro atoms. The van der Waals surface area contributed by atoms with Crippen LogP contribution < -0.4 is 4.74 Å². The van der Waals surface area contributed by atoms with Crippen LogP contribution in [0.3, 0.4) is 0 Å². The largest absolute Gasteiger partial charge is 0.478 e. The molecule has 186 valence electrons. The number of thiazole rings is 1. The molecule has 1 N–H and O–H groups in total. The predicted octanol–water partition coefficient (Wildman–Crippen LogP) is 7.45. The summed E-state index contributed by atoms with van der Waals surface area (Å²) in [6.45, 7) is 9.09. The first-order valence-corrected chi connectivity index (χ1v) is 12.9. The second kappa shape index (κ2) is 10.2. The van der Waals surface area contributed by atoms with Gasteiger partial charge in [0.1, 0.15) is 10.8 Å². The lowest BCUT2D eigenvalue weighted by Gasteiger charge is -2.22. The van der Waals surface area contributed by atoms with Gasteiger partial charge >= 0.3 is 5.97 Å². The average Bonchev–Trinajstić information content (AvgIpc) is 3.27. The number of aliphatic carboxylic acids is 1. The Labute approximate surface area is 215 Å². The third kappa shape index (κ3) is 5.34. The highest BCUT2D eigenvalue weighted by atomic mass is 32.1. The molecular weight excluding hydrogens is 470 g/mol. The molecule has 1 aromatic heterocycles. The first kappa shape index (κ1) is 25.6. The van der Waals surface area contributed by atoms with Crippen LogP contribution in [-0.2, 0) is 11.2 Å². The number of ether oxygens (including phenoxy) is 1. The summed E-state index contributed by atoms with van der Waals surface area (Å²) in [5, 5.41) is 12.7. The summed E-state index contributed by atoms with van der Waals surface area (Å²) in [5.41, 5.74) is 2.14.